The fraction of sp³-hybridized carbons (Fsp3) is 0.0500. The van der Waals surface area contributed by atoms with E-state index < -0.39 is 17.2 Å². The average Bonchev–Trinajstić information content (AvgIpc) is 2.71. The van der Waals surface area contributed by atoms with Crippen molar-refractivity contribution in [2.75, 3.05) is 0 Å². The van der Waals surface area contributed by atoms with Crippen LogP contribution < -0.4 is 11.2 Å². The highest BCUT2D eigenvalue weighted by Gasteiger charge is 2.21. The average molecular weight is 393 g/mol. The van der Waals surface area contributed by atoms with Crippen molar-refractivity contribution in [2.24, 2.45) is 0 Å². The van der Waals surface area contributed by atoms with Crippen molar-refractivity contribution in [3.8, 4) is 11.4 Å². The summed E-state index contributed by atoms with van der Waals surface area (Å²) in [5.41, 5.74) is -0.388. The second-order valence-electron chi connectivity index (χ2n) is 6.07. The summed E-state index contributed by atoms with van der Waals surface area (Å²) in [6.45, 7) is 0.337. The van der Waals surface area contributed by atoms with Crippen LogP contribution in [0.2, 0.25) is 5.15 Å². The first kappa shape index (κ1) is 17.8. The Morgan fingerprint density at radius 2 is 1.79 bits per heavy atom. The minimum Gasteiger partial charge on any atom is -0.328 e. The molecule has 2 aliphatic heterocycles. The summed E-state index contributed by atoms with van der Waals surface area (Å²) >= 11 is 5.80. The molecule has 138 valence electrons. The van der Waals surface area contributed by atoms with Crippen molar-refractivity contribution in [2.45, 2.75) is 6.54 Å². The third-order valence-corrected chi connectivity index (χ3v) is 4.46. The number of hydrogen-bond acceptors (Lipinski definition) is 5. The Labute approximate surface area is 163 Å². The summed E-state index contributed by atoms with van der Waals surface area (Å²) in [6, 6.07) is 14.8. The molecule has 2 aliphatic rings. The molecule has 3 heterocycles. The van der Waals surface area contributed by atoms with Gasteiger partial charge in [0.25, 0.3) is 11.5 Å². The van der Waals surface area contributed by atoms with Crippen LogP contribution in [0.1, 0.15) is 15.9 Å². The minimum atomic E-state index is -0.916. The Bertz CT molecular complexity index is 1250. The first-order valence-corrected chi connectivity index (χ1v) is 8.75. The van der Waals surface area contributed by atoms with E-state index in [2.05, 4.69) is 9.97 Å². The van der Waals surface area contributed by atoms with Crippen LogP contribution in [0, 0.1) is 0 Å². The number of nitrogens with zero attached hydrogens (tertiary/aromatic N) is 4. The Morgan fingerprint density at radius 1 is 1.00 bits per heavy atom. The summed E-state index contributed by atoms with van der Waals surface area (Å²) < 4.78 is 2.21. The van der Waals surface area contributed by atoms with E-state index in [1.165, 1.54) is 18.2 Å². The molecular weight excluding hydrogens is 380 g/mol. The molecule has 0 bridgehead atoms. The lowest BCUT2D eigenvalue weighted by atomic mass is 10.2. The van der Waals surface area contributed by atoms with Crippen LogP contribution in [0.5, 0.6) is 0 Å². The molecule has 0 saturated heterocycles. The van der Waals surface area contributed by atoms with Gasteiger partial charge in [-0.15, -0.1) is 0 Å². The van der Waals surface area contributed by atoms with Crippen molar-refractivity contribution >= 4 is 17.5 Å². The normalized spacial score (nSPS) is 10.9. The van der Waals surface area contributed by atoms with E-state index in [1.54, 1.807) is 53.4 Å². The van der Waals surface area contributed by atoms with Crippen LogP contribution in [0.25, 0.3) is 11.4 Å². The fourth-order valence-corrected chi connectivity index (χ4v) is 3.01. The third-order valence-electron chi connectivity index (χ3n) is 4.23. The number of aromatic nitrogens is 4. The first-order chi connectivity index (χ1) is 13.5. The molecule has 1 aromatic carbocycles. The number of fused-ring (bicyclic) bond motifs is 1. The standard InChI is InChI=1S/C20H13ClN4O3/c21-16-9-8-13(11-22-16)12-24-10-4-7-15-17(24)23-20(28)25(19(15)27)18(26)14-5-2-1-3-6-14/h1-11H,12H2. The Morgan fingerprint density at radius 3 is 2.50 bits per heavy atom. The van der Waals surface area contributed by atoms with Gasteiger partial charge < -0.3 is 4.57 Å². The van der Waals surface area contributed by atoms with Gasteiger partial charge in [0.05, 0.1) is 12.1 Å². The molecule has 2 aromatic rings. The summed E-state index contributed by atoms with van der Waals surface area (Å²) in [5, 5.41) is 0.369. The Balaban J connectivity index is 1.83. The maximum Gasteiger partial charge on any atom is 0.359 e. The van der Waals surface area contributed by atoms with Crippen molar-refractivity contribution in [3.05, 3.63) is 104 Å². The second kappa shape index (κ2) is 7.21. The molecule has 7 nitrogen and oxygen atoms in total. The highest BCUT2D eigenvalue weighted by molar-refractivity contribution is 6.29. The van der Waals surface area contributed by atoms with Gasteiger partial charge in [0, 0.05) is 18.0 Å². The molecule has 0 aliphatic carbocycles. The SMILES string of the molecule is O=C(c1ccccc1)n1c(=O)nc2n(Cc3ccc(Cl)nc3)cccc-2c1=O. The van der Waals surface area contributed by atoms with Crippen molar-refractivity contribution < 1.29 is 4.79 Å². The molecule has 1 aromatic heterocycles. The highest BCUT2D eigenvalue weighted by atomic mass is 35.5. The Hall–Kier alpha value is -3.58. The number of carbonyl (C=O) groups excluding carboxylic acids is 1. The van der Waals surface area contributed by atoms with Crippen LogP contribution in [0.4, 0.5) is 0 Å². The first-order valence-electron chi connectivity index (χ1n) is 8.37. The molecule has 28 heavy (non-hydrogen) atoms. The molecule has 8 heteroatoms. The molecular formula is C20H13ClN4O3. The van der Waals surface area contributed by atoms with E-state index in [4.69, 9.17) is 11.6 Å². The van der Waals surface area contributed by atoms with E-state index in [0.29, 0.717) is 16.3 Å². The molecule has 0 fully saturated rings. The van der Waals surface area contributed by atoms with Gasteiger partial charge in [-0.25, -0.2) is 9.78 Å². The topological polar surface area (TPSA) is 86.8 Å². The number of benzene rings is 1. The lowest BCUT2D eigenvalue weighted by Crippen LogP contribution is -2.42. The molecule has 0 spiro atoms. The predicted octanol–water partition coefficient (Wildman–Crippen LogP) is 2.29. The molecule has 0 amide bonds. The van der Waals surface area contributed by atoms with Gasteiger partial charge in [0.2, 0.25) is 0 Å². The van der Waals surface area contributed by atoms with Crippen LogP contribution in [0.3, 0.4) is 0 Å². The number of carbonyl (C=O) groups is 1. The summed E-state index contributed by atoms with van der Waals surface area (Å²) in [6.07, 6.45) is 3.30. The van der Waals surface area contributed by atoms with Crippen molar-refractivity contribution in [1.82, 2.24) is 19.1 Å². The van der Waals surface area contributed by atoms with Gasteiger partial charge in [0.1, 0.15) is 5.15 Å². The highest BCUT2D eigenvalue weighted by Crippen LogP contribution is 2.16. The third kappa shape index (κ3) is 3.23. The van der Waals surface area contributed by atoms with Crippen molar-refractivity contribution in [1.29, 1.82) is 0 Å². The van der Waals surface area contributed by atoms with Crippen molar-refractivity contribution in [3.63, 3.8) is 0 Å². The monoisotopic (exact) mass is 392 g/mol. The van der Waals surface area contributed by atoms with Gasteiger partial charge in [-0.3, -0.25) is 9.59 Å². The number of pyridine rings is 2. The molecule has 4 rings (SSSR count). The summed E-state index contributed by atoms with van der Waals surface area (Å²) in [5.74, 6) is -0.508. The largest absolute Gasteiger partial charge is 0.359 e. The fourth-order valence-electron chi connectivity index (χ4n) is 2.90. The predicted molar refractivity (Wildman–Crippen MR) is 104 cm³/mol. The van der Waals surface area contributed by atoms with Gasteiger partial charge in [-0.2, -0.15) is 9.55 Å². The van der Waals surface area contributed by atoms with Crippen LogP contribution in [0.15, 0.2) is 76.6 Å². The smallest absolute Gasteiger partial charge is 0.328 e. The number of rotatable bonds is 3. The zero-order valence-electron chi connectivity index (χ0n) is 14.4. The van der Waals surface area contributed by atoms with E-state index >= 15 is 0 Å². The Kier molecular flexibility index (Phi) is 4.58. The molecule has 0 saturated carbocycles. The second-order valence-corrected chi connectivity index (χ2v) is 6.46. The summed E-state index contributed by atoms with van der Waals surface area (Å²) in [4.78, 5) is 46.0. The number of hydrogen-bond donors (Lipinski definition) is 0. The number of halogens is 1. The van der Waals surface area contributed by atoms with Crippen LogP contribution >= 0.6 is 11.6 Å². The van der Waals surface area contributed by atoms with Gasteiger partial charge in [0.15, 0.2) is 5.82 Å². The zero-order chi connectivity index (χ0) is 19.7. The molecule has 0 N–H and O–H groups in total. The van der Waals surface area contributed by atoms with Gasteiger partial charge in [-0.1, -0.05) is 35.9 Å². The lowest BCUT2D eigenvalue weighted by molar-refractivity contribution is 0.0950. The van der Waals surface area contributed by atoms with E-state index in [9.17, 15) is 14.4 Å². The minimum absolute atomic E-state index is 0.174. The maximum absolute atomic E-state index is 12.9. The van der Waals surface area contributed by atoms with E-state index in [0.717, 1.165) is 5.56 Å². The molecule has 0 atom stereocenters. The van der Waals surface area contributed by atoms with E-state index in [-0.39, 0.29) is 17.0 Å². The molecule has 0 unspecified atom stereocenters. The van der Waals surface area contributed by atoms with Crippen LogP contribution in [-0.4, -0.2) is 25.0 Å². The quantitative estimate of drug-likeness (QED) is 0.499. The van der Waals surface area contributed by atoms with Gasteiger partial charge in [-0.05, 0) is 35.9 Å². The van der Waals surface area contributed by atoms with Crippen LogP contribution in [-0.2, 0) is 6.54 Å². The molecule has 0 radical (unpaired) electrons. The van der Waals surface area contributed by atoms with Gasteiger partial charge >= 0.3 is 5.69 Å². The lowest BCUT2D eigenvalue weighted by Gasteiger charge is -2.14. The summed E-state index contributed by atoms with van der Waals surface area (Å²) in [7, 11) is 0. The van der Waals surface area contributed by atoms with E-state index in [1.807, 2.05) is 0 Å². The zero-order valence-corrected chi connectivity index (χ0v) is 15.2. The maximum atomic E-state index is 12.9.